The standard InChI is InChI=1S/C47H94NO8P/c1-3-5-7-9-11-13-15-17-19-20-21-22-23-24-26-27-29-31-33-35-37-39-46(49)53-43-45(44-55-57(51,52)54-42-41-48)56-47(50)40-38-36-34-32-30-28-25-18-16-14-12-10-8-6-4-2/h45H,3-44,48H2,1-2H3,(H,51,52)/t45-/m0/s1. The fourth-order valence-corrected chi connectivity index (χ4v) is 8.11. The van der Waals surface area contributed by atoms with Crippen molar-refractivity contribution in [1.82, 2.24) is 0 Å². The number of hydrogen-bond donors (Lipinski definition) is 2. The summed E-state index contributed by atoms with van der Waals surface area (Å²) in [4.78, 5) is 35.0. The maximum Gasteiger partial charge on any atom is 0.472 e. The van der Waals surface area contributed by atoms with Crippen LogP contribution in [0.15, 0.2) is 0 Å². The quantitative estimate of drug-likeness (QED) is 0.0349. The lowest BCUT2D eigenvalue weighted by Crippen LogP contribution is -2.29. The van der Waals surface area contributed by atoms with E-state index in [1.165, 1.54) is 193 Å². The summed E-state index contributed by atoms with van der Waals surface area (Å²) in [6, 6.07) is 0. The third-order valence-corrected chi connectivity index (χ3v) is 12.0. The van der Waals surface area contributed by atoms with Gasteiger partial charge in [-0.2, -0.15) is 0 Å². The summed E-state index contributed by atoms with van der Waals surface area (Å²) < 4.78 is 32.9. The van der Waals surface area contributed by atoms with Gasteiger partial charge in [0.1, 0.15) is 6.61 Å². The van der Waals surface area contributed by atoms with E-state index in [4.69, 9.17) is 24.3 Å². The number of unbranched alkanes of at least 4 members (excludes halogenated alkanes) is 34. The predicted octanol–water partition coefficient (Wildman–Crippen LogP) is 14.4. The van der Waals surface area contributed by atoms with Gasteiger partial charge in [0.25, 0.3) is 0 Å². The van der Waals surface area contributed by atoms with Crippen LogP contribution in [0.5, 0.6) is 0 Å². The average Bonchev–Trinajstić information content (AvgIpc) is 3.20. The van der Waals surface area contributed by atoms with Crippen molar-refractivity contribution in [2.24, 2.45) is 5.73 Å². The second-order valence-electron chi connectivity index (χ2n) is 16.7. The summed E-state index contributed by atoms with van der Waals surface area (Å²) in [6.07, 6.45) is 45.7. The van der Waals surface area contributed by atoms with Crippen molar-refractivity contribution >= 4 is 19.8 Å². The highest BCUT2D eigenvalue weighted by Crippen LogP contribution is 2.43. The highest BCUT2D eigenvalue weighted by atomic mass is 31.2. The summed E-state index contributed by atoms with van der Waals surface area (Å²) in [5, 5.41) is 0. The number of carbonyl (C=O) groups excluding carboxylic acids is 2. The Kier molecular flexibility index (Phi) is 43.8. The zero-order valence-electron chi connectivity index (χ0n) is 37.6. The highest BCUT2D eigenvalue weighted by molar-refractivity contribution is 7.47. The molecule has 0 amide bonds. The van der Waals surface area contributed by atoms with Crippen LogP contribution in [0, 0.1) is 0 Å². The number of phosphoric ester groups is 1. The molecule has 0 heterocycles. The molecule has 0 spiro atoms. The minimum absolute atomic E-state index is 0.0583. The fraction of sp³-hybridized carbons (Fsp3) is 0.957. The van der Waals surface area contributed by atoms with E-state index in [-0.39, 0.29) is 38.6 Å². The van der Waals surface area contributed by atoms with Crippen molar-refractivity contribution in [2.45, 2.75) is 264 Å². The van der Waals surface area contributed by atoms with Gasteiger partial charge in [-0.05, 0) is 12.8 Å². The van der Waals surface area contributed by atoms with Crippen LogP contribution in [0.4, 0.5) is 0 Å². The lowest BCUT2D eigenvalue weighted by atomic mass is 10.0. The maximum absolute atomic E-state index is 12.6. The molecule has 0 saturated heterocycles. The van der Waals surface area contributed by atoms with E-state index in [9.17, 15) is 19.0 Å². The van der Waals surface area contributed by atoms with Crippen LogP contribution in [0.3, 0.4) is 0 Å². The molecule has 0 aliphatic heterocycles. The molecule has 0 saturated carbocycles. The Bertz CT molecular complexity index is 907. The fourth-order valence-electron chi connectivity index (χ4n) is 7.34. The van der Waals surface area contributed by atoms with E-state index in [1.807, 2.05) is 0 Å². The normalized spacial score (nSPS) is 13.1. The van der Waals surface area contributed by atoms with Gasteiger partial charge in [-0.15, -0.1) is 0 Å². The predicted molar refractivity (Wildman–Crippen MR) is 238 cm³/mol. The van der Waals surface area contributed by atoms with E-state index in [1.54, 1.807) is 0 Å². The van der Waals surface area contributed by atoms with E-state index < -0.39 is 26.5 Å². The molecule has 0 rings (SSSR count). The summed E-state index contributed by atoms with van der Waals surface area (Å²) in [5.74, 6) is -0.808. The van der Waals surface area contributed by atoms with Crippen molar-refractivity contribution in [2.75, 3.05) is 26.4 Å². The lowest BCUT2D eigenvalue weighted by molar-refractivity contribution is -0.161. The highest BCUT2D eigenvalue weighted by Gasteiger charge is 2.26. The van der Waals surface area contributed by atoms with Crippen LogP contribution in [-0.2, 0) is 32.7 Å². The molecular formula is C47H94NO8P. The molecule has 0 aliphatic rings. The molecule has 3 N–H and O–H groups in total. The Morgan fingerprint density at radius 1 is 0.456 bits per heavy atom. The van der Waals surface area contributed by atoms with Gasteiger partial charge >= 0.3 is 19.8 Å². The van der Waals surface area contributed by atoms with Crippen molar-refractivity contribution in [3.05, 3.63) is 0 Å². The largest absolute Gasteiger partial charge is 0.472 e. The number of rotatable bonds is 47. The molecule has 9 nitrogen and oxygen atoms in total. The molecule has 57 heavy (non-hydrogen) atoms. The van der Waals surface area contributed by atoms with Crippen molar-refractivity contribution in [3.8, 4) is 0 Å². The molecule has 0 bridgehead atoms. The van der Waals surface area contributed by atoms with Gasteiger partial charge in [0.2, 0.25) is 0 Å². The Morgan fingerprint density at radius 3 is 1.07 bits per heavy atom. The van der Waals surface area contributed by atoms with Crippen LogP contribution >= 0.6 is 7.82 Å². The third-order valence-electron chi connectivity index (χ3n) is 11.0. The van der Waals surface area contributed by atoms with Gasteiger partial charge in [-0.25, -0.2) is 4.57 Å². The first-order valence-corrected chi connectivity index (χ1v) is 26.0. The molecule has 0 radical (unpaired) electrons. The summed E-state index contributed by atoms with van der Waals surface area (Å²) in [6.45, 7) is 3.79. The first kappa shape index (κ1) is 56.0. The maximum atomic E-state index is 12.6. The van der Waals surface area contributed by atoms with E-state index >= 15 is 0 Å². The lowest BCUT2D eigenvalue weighted by Gasteiger charge is -2.19. The first-order valence-electron chi connectivity index (χ1n) is 24.5. The summed E-state index contributed by atoms with van der Waals surface area (Å²) in [5.41, 5.74) is 5.36. The summed E-state index contributed by atoms with van der Waals surface area (Å²) in [7, 11) is -4.37. The number of phosphoric acid groups is 1. The molecule has 0 aromatic heterocycles. The second-order valence-corrected chi connectivity index (χ2v) is 18.2. The molecule has 10 heteroatoms. The van der Waals surface area contributed by atoms with E-state index in [2.05, 4.69) is 13.8 Å². The minimum atomic E-state index is -4.37. The minimum Gasteiger partial charge on any atom is -0.462 e. The van der Waals surface area contributed by atoms with Crippen LogP contribution in [0.2, 0.25) is 0 Å². The number of ether oxygens (including phenoxy) is 2. The Labute approximate surface area is 352 Å². The van der Waals surface area contributed by atoms with Gasteiger partial charge < -0.3 is 20.1 Å². The first-order chi connectivity index (χ1) is 27.8. The average molecular weight is 832 g/mol. The van der Waals surface area contributed by atoms with Crippen LogP contribution in [0.1, 0.15) is 258 Å². The summed E-state index contributed by atoms with van der Waals surface area (Å²) >= 11 is 0. The van der Waals surface area contributed by atoms with Crippen LogP contribution < -0.4 is 5.73 Å². The topological polar surface area (TPSA) is 134 Å². The van der Waals surface area contributed by atoms with Crippen LogP contribution in [-0.4, -0.2) is 49.3 Å². The smallest absolute Gasteiger partial charge is 0.462 e. The molecule has 0 aromatic carbocycles. The zero-order valence-corrected chi connectivity index (χ0v) is 38.5. The Hall–Kier alpha value is -0.990. The van der Waals surface area contributed by atoms with E-state index in [0.717, 1.165) is 32.1 Å². The SMILES string of the molecule is CCCCCCCCCCCCCCCCCCCCCCCC(=O)OC[C@@H](COP(=O)(O)OCCN)OC(=O)CCCCCCCCCCCCCCCCC. The molecule has 340 valence electrons. The van der Waals surface area contributed by atoms with Gasteiger partial charge in [0, 0.05) is 19.4 Å². The third kappa shape index (κ3) is 44.4. The van der Waals surface area contributed by atoms with Crippen LogP contribution in [0.25, 0.3) is 0 Å². The van der Waals surface area contributed by atoms with Gasteiger partial charge in [0.05, 0.1) is 13.2 Å². The Balaban J connectivity index is 3.99. The molecular weight excluding hydrogens is 737 g/mol. The number of hydrogen-bond acceptors (Lipinski definition) is 8. The molecule has 0 fully saturated rings. The molecule has 1 unspecified atom stereocenters. The number of nitrogens with two attached hydrogens (primary N) is 1. The van der Waals surface area contributed by atoms with Gasteiger partial charge in [0.15, 0.2) is 6.10 Å². The van der Waals surface area contributed by atoms with Gasteiger partial charge in [-0.3, -0.25) is 18.6 Å². The monoisotopic (exact) mass is 832 g/mol. The van der Waals surface area contributed by atoms with Crippen molar-refractivity contribution in [3.63, 3.8) is 0 Å². The molecule has 2 atom stereocenters. The number of carbonyl (C=O) groups is 2. The van der Waals surface area contributed by atoms with E-state index in [0.29, 0.717) is 6.42 Å². The second kappa shape index (κ2) is 44.6. The molecule has 0 aliphatic carbocycles. The van der Waals surface area contributed by atoms with Crippen molar-refractivity contribution in [1.29, 1.82) is 0 Å². The van der Waals surface area contributed by atoms with Gasteiger partial charge in [-0.1, -0.05) is 232 Å². The zero-order chi connectivity index (χ0) is 41.8. The molecule has 0 aromatic rings. The Morgan fingerprint density at radius 2 is 0.754 bits per heavy atom. The number of esters is 2. The van der Waals surface area contributed by atoms with Crippen molar-refractivity contribution < 1.29 is 37.6 Å².